The summed E-state index contributed by atoms with van der Waals surface area (Å²) in [6.45, 7) is 3.70. The third kappa shape index (κ3) is 5.66. The van der Waals surface area contributed by atoms with Crippen LogP contribution in [0.3, 0.4) is 0 Å². The number of hydrogen-bond donors (Lipinski definition) is 2. The molecule has 0 heterocycles. The highest BCUT2D eigenvalue weighted by molar-refractivity contribution is 6.14. The minimum absolute atomic E-state index is 0.176. The van der Waals surface area contributed by atoms with Crippen LogP contribution in [0.25, 0.3) is 0 Å². The molecule has 0 fully saturated rings. The Balaban J connectivity index is 2.06. The van der Waals surface area contributed by atoms with E-state index in [1.807, 2.05) is 54.6 Å². The van der Waals surface area contributed by atoms with Gasteiger partial charge in [-0.2, -0.15) is 0 Å². The molecule has 2 aromatic carbocycles. The van der Waals surface area contributed by atoms with Crippen molar-refractivity contribution in [2.24, 2.45) is 0 Å². The number of anilines is 3. The second-order valence-electron chi connectivity index (χ2n) is 5.21. The molecule has 2 rings (SSSR count). The lowest BCUT2D eigenvalue weighted by Crippen LogP contribution is -2.19. The lowest BCUT2D eigenvalue weighted by molar-refractivity contribution is -0.146. The van der Waals surface area contributed by atoms with Crippen LogP contribution < -0.4 is 10.6 Å². The summed E-state index contributed by atoms with van der Waals surface area (Å²) >= 11 is 0. The number of nitrogens with one attached hydrogen (secondary N) is 2. The average Bonchev–Trinajstić information content (AvgIpc) is 2.64. The van der Waals surface area contributed by atoms with Gasteiger partial charge in [-0.15, -0.1) is 0 Å². The Morgan fingerprint density at radius 1 is 0.808 bits per heavy atom. The number of benzene rings is 2. The average molecular weight is 354 g/mol. The molecule has 0 aromatic heterocycles. The van der Waals surface area contributed by atoms with E-state index in [9.17, 15) is 9.59 Å². The monoisotopic (exact) mass is 354 g/mol. The van der Waals surface area contributed by atoms with Crippen molar-refractivity contribution in [1.29, 1.82) is 0 Å². The summed E-state index contributed by atoms with van der Waals surface area (Å²) in [5.74, 6) is -1.44. The van der Waals surface area contributed by atoms with Crippen LogP contribution in [0.1, 0.15) is 13.8 Å². The molecule has 6 heteroatoms. The number of hydrogen-bond acceptors (Lipinski definition) is 6. The molecule has 0 amide bonds. The van der Waals surface area contributed by atoms with Crippen LogP contribution in [0.15, 0.2) is 66.4 Å². The summed E-state index contributed by atoms with van der Waals surface area (Å²) in [5.41, 5.74) is 2.44. The second kappa shape index (κ2) is 9.88. The number of para-hydroxylation sites is 1. The van der Waals surface area contributed by atoms with Gasteiger partial charge in [0.05, 0.1) is 13.2 Å². The first kappa shape index (κ1) is 19.1. The maximum atomic E-state index is 11.9. The van der Waals surface area contributed by atoms with Gasteiger partial charge in [0.25, 0.3) is 0 Å². The zero-order valence-corrected chi connectivity index (χ0v) is 14.8. The lowest BCUT2D eigenvalue weighted by atomic mass is 10.2. The van der Waals surface area contributed by atoms with E-state index >= 15 is 0 Å². The fourth-order valence-corrected chi connectivity index (χ4v) is 2.11. The molecule has 0 aliphatic rings. The van der Waals surface area contributed by atoms with Gasteiger partial charge in [0.15, 0.2) is 5.57 Å². The zero-order chi connectivity index (χ0) is 18.8. The molecule has 0 unspecified atom stereocenters. The molecule has 6 nitrogen and oxygen atoms in total. The normalized spacial score (nSPS) is 9.77. The fourth-order valence-electron chi connectivity index (χ4n) is 2.11. The van der Waals surface area contributed by atoms with Crippen LogP contribution in [0.2, 0.25) is 0 Å². The Kier molecular flexibility index (Phi) is 7.24. The molecule has 2 N–H and O–H groups in total. The molecular formula is C20H22N2O4. The summed E-state index contributed by atoms with van der Waals surface area (Å²) in [4.78, 5) is 23.8. The fraction of sp³-hybridized carbons (Fsp3) is 0.200. The van der Waals surface area contributed by atoms with E-state index in [0.29, 0.717) is 0 Å². The molecular weight excluding hydrogens is 332 g/mol. The summed E-state index contributed by atoms with van der Waals surface area (Å²) in [6, 6.07) is 17.2. The Hall–Kier alpha value is -3.28. The van der Waals surface area contributed by atoms with Crippen molar-refractivity contribution in [3.05, 3.63) is 66.4 Å². The number of rotatable bonds is 8. The SMILES string of the molecule is CCOC(=O)C(=CNc1ccc(Nc2ccccc2)cc1)C(=O)OCC. The van der Waals surface area contributed by atoms with Crippen LogP contribution in [-0.2, 0) is 19.1 Å². The van der Waals surface area contributed by atoms with Gasteiger partial charge < -0.3 is 20.1 Å². The van der Waals surface area contributed by atoms with Crippen LogP contribution in [-0.4, -0.2) is 25.2 Å². The lowest BCUT2D eigenvalue weighted by Gasteiger charge is -2.09. The number of carbonyl (C=O) groups is 2. The summed E-state index contributed by atoms with van der Waals surface area (Å²) in [6.07, 6.45) is 1.30. The second-order valence-corrected chi connectivity index (χ2v) is 5.21. The zero-order valence-electron chi connectivity index (χ0n) is 14.8. The Morgan fingerprint density at radius 2 is 1.31 bits per heavy atom. The highest BCUT2D eigenvalue weighted by atomic mass is 16.6. The van der Waals surface area contributed by atoms with Crippen molar-refractivity contribution in [3.8, 4) is 0 Å². The van der Waals surface area contributed by atoms with Crippen molar-refractivity contribution in [3.63, 3.8) is 0 Å². The highest BCUT2D eigenvalue weighted by Crippen LogP contribution is 2.19. The molecule has 136 valence electrons. The third-order valence-electron chi connectivity index (χ3n) is 3.32. The molecule has 2 aromatic rings. The van der Waals surface area contributed by atoms with E-state index in [0.717, 1.165) is 17.1 Å². The van der Waals surface area contributed by atoms with Crippen molar-refractivity contribution in [1.82, 2.24) is 0 Å². The molecule has 0 atom stereocenters. The first-order chi connectivity index (χ1) is 12.6. The Morgan fingerprint density at radius 3 is 1.85 bits per heavy atom. The number of ether oxygens (including phenoxy) is 2. The standard InChI is InChI=1S/C20H22N2O4/c1-3-25-19(23)18(20(24)26-4-2)14-21-15-10-12-17(13-11-15)22-16-8-6-5-7-9-16/h5-14,21-22H,3-4H2,1-2H3. The van der Waals surface area contributed by atoms with Crippen LogP contribution in [0.5, 0.6) is 0 Å². The topological polar surface area (TPSA) is 76.7 Å². The van der Waals surface area contributed by atoms with Gasteiger partial charge in [0, 0.05) is 23.3 Å². The van der Waals surface area contributed by atoms with E-state index in [4.69, 9.17) is 9.47 Å². The molecule has 0 saturated carbocycles. The molecule has 0 aliphatic heterocycles. The molecule has 0 saturated heterocycles. The van der Waals surface area contributed by atoms with Crippen LogP contribution in [0, 0.1) is 0 Å². The van der Waals surface area contributed by atoms with E-state index in [1.165, 1.54) is 6.20 Å². The van der Waals surface area contributed by atoms with Gasteiger partial charge in [0.1, 0.15) is 0 Å². The third-order valence-corrected chi connectivity index (χ3v) is 3.32. The van der Waals surface area contributed by atoms with Gasteiger partial charge in [-0.25, -0.2) is 9.59 Å². The maximum absolute atomic E-state index is 11.9. The molecule has 0 aliphatic carbocycles. The summed E-state index contributed by atoms with van der Waals surface area (Å²) < 4.78 is 9.77. The van der Waals surface area contributed by atoms with Gasteiger partial charge in [0.2, 0.25) is 0 Å². The number of carbonyl (C=O) groups excluding carboxylic acids is 2. The summed E-state index contributed by atoms with van der Waals surface area (Å²) in [7, 11) is 0. The van der Waals surface area contributed by atoms with E-state index in [2.05, 4.69) is 10.6 Å². The quantitative estimate of drug-likeness (QED) is 0.324. The largest absolute Gasteiger partial charge is 0.462 e. The minimum Gasteiger partial charge on any atom is -0.462 e. The predicted molar refractivity (Wildman–Crippen MR) is 101 cm³/mol. The molecule has 0 spiro atoms. The van der Waals surface area contributed by atoms with Crippen molar-refractivity contribution >= 4 is 29.0 Å². The maximum Gasteiger partial charge on any atom is 0.347 e. The smallest absolute Gasteiger partial charge is 0.347 e. The van der Waals surface area contributed by atoms with Gasteiger partial charge in [-0.3, -0.25) is 0 Å². The first-order valence-corrected chi connectivity index (χ1v) is 8.37. The highest BCUT2D eigenvalue weighted by Gasteiger charge is 2.20. The van der Waals surface area contributed by atoms with Crippen molar-refractivity contribution in [2.45, 2.75) is 13.8 Å². The molecule has 26 heavy (non-hydrogen) atoms. The Bertz CT molecular complexity index is 735. The summed E-state index contributed by atoms with van der Waals surface area (Å²) in [5, 5.41) is 6.20. The minimum atomic E-state index is -0.721. The van der Waals surface area contributed by atoms with Crippen molar-refractivity contribution in [2.75, 3.05) is 23.8 Å². The van der Waals surface area contributed by atoms with Gasteiger partial charge in [-0.1, -0.05) is 18.2 Å². The van der Waals surface area contributed by atoms with Crippen LogP contribution in [0.4, 0.5) is 17.1 Å². The number of esters is 2. The van der Waals surface area contributed by atoms with Crippen LogP contribution >= 0.6 is 0 Å². The van der Waals surface area contributed by atoms with E-state index in [1.54, 1.807) is 13.8 Å². The molecule has 0 bridgehead atoms. The van der Waals surface area contributed by atoms with Gasteiger partial charge >= 0.3 is 11.9 Å². The van der Waals surface area contributed by atoms with Crippen molar-refractivity contribution < 1.29 is 19.1 Å². The Labute approximate surface area is 152 Å². The first-order valence-electron chi connectivity index (χ1n) is 8.37. The van der Waals surface area contributed by atoms with Gasteiger partial charge in [-0.05, 0) is 50.2 Å². The predicted octanol–water partition coefficient (Wildman–Crippen LogP) is 3.85. The van der Waals surface area contributed by atoms with E-state index < -0.39 is 11.9 Å². The van der Waals surface area contributed by atoms with E-state index in [-0.39, 0.29) is 18.8 Å². The molecule has 0 radical (unpaired) electrons.